The van der Waals surface area contributed by atoms with E-state index in [1.807, 2.05) is 14.1 Å². The fourth-order valence-electron chi connectivity index (χ4n) is 1.20. The molecule has 1 heterocycles. The van der Waals surface area contributed by atoms with Crippen LogP contribution in [0.25, 0.3) is 0 Å². The SMILES string of the molecule is CN(C)CCCNc1ccsc1[N+](=O)[O-].Cl. The lowest BCUT2D eigenvalue weighted by molar-refractivity contribution is -0.379. The zero-order valence-corrected chi connectivity index (χ0v) is 10.9. The number of hydrogen-bond donors (Lipinski definition) is 1. The Morgan fingerprint density at radius 2 is 2.25 bits per heavy atom. The first-order valence-electron chi connectivity index (χ1n) is 4.71. The largest absolute Gasteiger partial charge is 0.379 e. The molecule has 0 aliphatic rings. The molecule has 1 aromatic heterocycles. The first-order chi connectivity index (χ1) is 7.11. The summed E-state index contributed by atoms with van der Waals surface area (Å²) in [6, 6.07) is 1.75. The van der Waals surface area contributed by atoms with Gasteiger partial charge in [-0.15, -0.1) is 12.4 Å². The van der Waals surface area contributed by atoms with Crippen LogP contribution in [0.2, 0.25) is 0 Å². The fraction of sp³-hybridized carbons (Fsp3) is 0.556. The molecule has 1 rings (SSSR count). The van der Waals surface area contributed by atoms with Crippen molar-refractivity contribution >= 4 is 34.4 Å². The van der Waals surface area contributed by atoms with E-state index in [0.717, 1.165) is 30.8 Å². The molecule has 0 saturated heterocycles. The van der Waals surface area contributed by atoms with Crippen molar-refractivity contribution in [3.63, 3.8) is 0 Å². The Morgan fingerprint density at radius 3 is 2.81 bits per heavy atom. The molecule has 0 amide bonds. The number of nitro groups is 1. The van der Waals surface area contributed by atoms with Crippen LogP contribution in [0.4, 0.5) is 10.7 Å². The van der Waals surface area contributed by atoms with Crippen LogP contribution >= 0.6 is 23.7 Å². The van der Waals surface area contributed by atoms with Crippen molar-refractivity contribution in [3.8, 4) is 0 Å². The van der Waals surface area contributed by atoms with Gasteiger partial charge in [0.05, 0.1) is 4.92 Å². The summed E-state index contributed by atoms with van der Waals surface area (Å²) in [5, 5.41) is 15.6. The highest BCUT2D eigenvalue weighted by Crippen LogP contribution is 2.30. The lowest BCUT2D eigenvalue weighted by Crippen LogP contribution is -2.16. The maximum Gasteiger partial charge on any atom is 0.347 e. The second-order valence-electron chi connectivity index (χ2n) is 3.48. The van der Waals surface area contributed by atoms with Gasteiger partial charge in [-0.3, -0.25) is 10.1 Å². The van der Waals surface area contributed by atoms with Crippen molar-refractivity contribution in [1.29, 1.82) is 0 Å². The van der Waals surface area contributed by atoms with Gasteiger partial charge in [0.15, 0.2) is 0 Å². The molecule has 7 heteroatoms. The highest BCUT2D eigenvalue weighted by atomic mass is 35.5. The summed E-state index contributed by atoms with van der Waals surface area (Å²) < 4.78 is 0. The Bertz CT molecular complexity index is 330. The predicted molar refractivity (Wildman–Crippen MR) is 69.9 cm³/mol. The average molecular weight is 266 g/mol. The van der Waals surface area contributed by atoms with Crippen LogP contribution in [0.5, 0.6) is 0 Å². The predicted octanol–water partition coefficient (Wildman–Crippen LogP) is 2.44. The van der Waals surface area contributed by atoms with E-state index in [2.05, 4.69) is 10.2 Å². The van der Waals surface area contributed by atoms with E-state index in [-0.39, 0.29) is 22.3 Å². The molecule has 1 N–H and O–H groups in total. The Balaban J connectivity index is 0.00000225. The van der Waals surface area contributed by atoms with Crippen LogP contribution < -0.4 is 5.32 Å². The van der Waals surface area contributed by atoms with Gasteiger partial charge in [0.1, 0.15) is 5.69 Å². The van der Waals surface area contributed by atoms with Crippen molar-refractivity contribution in [2.75, 3.05) is 32.5 Å². The summed E-state index contributed by atoms with van der Waals surface area (Å²) in [5.41, 5.74) is 0.628. The molecule has 0 unspecified atom stereocenters. The fourth-order valence-corrected chi connectivity index (χ4v) is 1.88. The van der Waals surface area contributed by atoms with Gasteiger partial charge >= 0.3 is 5.00 Å². The smallest absolute Gasteiger partial charge is 0.347 e. The summed E-state index contributed by atoms with van der Waals surface area (Å²) in [7, 11) is 4.01. The minimum atomic E-state index is -0.348. The Morgan fingerprint density at radius 1 is 1.56 bits per heavy atom. The summed E-state index contributed by atoms with van der Waals surface area (Å²) >= 11 is 1.15. The molecule has 0 fully saturated rings. The highest BCUT2D eigenvalue weighted by molar-refractivity contribution is 7.14. The Labute approximate surface area is 105 Å². The first-order valence-corrected chi connectivity index (χ1v) is 5.59. The summed E-state index contributed by atoms with van der Waals surface area (Å²) in [4.78, 5) is 12.3. The van der Waals surface area contributed by atoms with E-state index in [4.69, 9.17) is 0 Å². The molecular weight excluding hydrogens is 250 g/mol. The minimum Gasteiger partial charge on any atom is -0.379 e. The maximum atomic E-state index is 10.6. The van der Waals surface area contributed by atoms with E-state index in [1.165, 1.54) is 0 Å². The number of nitrogens with one attached hydrogen (secondary N) is 1. The number of halogens is 1. The van der Waals surface area contributed by atoms with Gasteiger partial charge in [-0.25, -0.2) is 0 Å². The topological polar surface area (TPSA) is 58.4 Å². The molecular formula is C9H16ClN3O2S. The van der Waals surface area contributed by atoms with Crippen LogP contribution in [-0.4, -0.2) is 37.0 Å². The molecule has 16 heavy (non-hydrogen) atoms. The summed E-state index contributed by atoms with van der Waals surface area (Å²) in [6.45, 7) is 1.74. The van der Waals surface area contributed by atoms with E-state index in [0.29, 0.717) is 5.69 Å². The lowest BCUT2D eigenvalue weighted by Gasteiger charge is -2.09. The van der Waals surface area contributed by atoms with E-state index < -0.39 is 0 Å². The Hall–Kier alpha value is -0.850. The van der Waals surface area contributed by atoms with Crippen molar-refractivity contribution in [2.24, 2.45) is 0 Å². The minimum absolute atomic E-state index is 0. The normalized spacial score (nSPS) is 9.94. The monoisotopic (exact) mass is 265 g/mol. The molecule has 1 aromatic rings. The second-order valence-corrected chi connectivity index (χ2v) is 4.37. The van der Waals surface area contributed by atoms with Gasteiger partial charge in [-0.1, -0.05) is 11.3 Å². The molecule has 0 aliphatic heterocycles. The molecule has 0 atom stereocenters. The quantitative estimate of drug-likeness (QED) is 0.488. The van der Waals surface area contributed by atoms with Gasteiger partial charge in [-0.2, -0.15) is 0 Å². The number of hydrogen-bond acceptors (Lipinski definition) is 5. The molecule has 5 nitrogen and oxygen atoms in total. The molecule has 0 aliphatic carbocycles. The van der Waals surface area contributed by atoms with Crippen LogP contribution in [0.15, 0.2) is 11.4 Å². The number of rotatable bonds is 6. The van der Waals surface area contributed by atoms with Crippen molar-refractivity contribution < 1.29 is 4.92 Å². The number of anilines is 1. The number of nitrogens with zero attached hydrogens (tertiary/aromatic N) is 2. The van der Waals surface area contributed by atoms with Gasteiger partial charge in [0.25, 0.3) is 0 Å². The standard InChI is InChI=1S/C9H15N3O2S.ClH/c1-11(2)6-3-5-10-8-4-7-15-9(8)12(13)14;/h4,7,10H,3,5-6H2,1-2H3;1H. The van der Waals surface area contributed by atoms with Crippen molar-refractivity contribution in [3.05, 3.63) is 21.6 Å². The number of thiophene rings is 1. The second kappa shape index (κ2) is 7.43. The summed E-state index contributed by atoms with van der Waals surface area (Å²) in [5.74, 6) is 0. The lowest BCUT2D eigenvalue weighted by atomic mass is 10.4. The van der Waals surface area contributed by atoms with Crippen molar-refractivity contribution in [2.45, 2.75) is 6.42 Å². The maximum absolute atomic E-state index is 10.6. The van der Waals surface area contributed by atoms with Gasteiger partial charge < -0.3 is 10.2 Å². The third kappa shape index (κ3) is 4.78. The van der Waals surface area contributed by atoms with E-state index >= 15 is 0 Å². The van der Waals surface area contributed by atoms with Crippen LogP contribution in [0.1, 0.15) is 6.42 Å². The van der Waals surface area contributed by atoms with Crippen LogP contribution in [0.3, 0.4) is 0 Å². The molecule has 92 valence electrons. The third-order valence-corrected chi connectivity index (χ3v) is 2.77. The molecule has 0 bridgehead atoms. The molecule has 0 aromatic carbocycles. The van der Waals surface area contributed by atoms with Crippen LogP contribution in [0, 0.1) is 10.1 Å². The zero-order valence-electron chi connectivity index (χ0n) is 9.30. The zero-order chi connectivity index (χ0) is 11.3. The van der Waals surface area contributed by atoms with Crippen molar-refractivity contribution in [1.82, 2.24) is 4.90 Å². The molecule has 0 spiro atoms. The Kier molecular flexibility index (Phi) is 7.03. The van der Waals surface area contributed by atoms with Gasteiger partial charge in [0.2, 0.25) is 0 Å². The van der Waals surface area contributed by atoms with E-state index in [9.17, 15) is 10.1 Å². The average Bonchev–Trinajstić information content (AvgIpc) is 2.60. The molecule has 0 radical (unpaired) electrons. The first kappa shape index (κ1) is 15.2. The van der Waals surface area contributed by atoms with Crippen LogP contribution in [-0.2, 0) is 0 Å². The third-order valence-electron chi connectivity index (χ3n) is 1.91. The highest BCUT2D eigenvalue weighted by Gasteiger charge is 2.14. The molecule has 0 saturated carbocycles. The summed E-state index contributed by atoms with van der Waals surface area (Å²) in [6.07, 6.45) is 0.972. The van der Waals surface area contributed by atoms with Gasteiger partial charge in [0, 0.05) is 6.54 Å². The van der Waals surface area contributed by atoms with E-state index in [1.54, 1.807) is 11.4 Å². The van der Waals surface area contributed by atoms with Gasteiger partial charge in [-0.05, 0) is 38.5 Å².